The number of methoxy groups -OCH3 is 1. The van der Waals surface area contributed by atoms with Crippen molar-refractivity contribution in [1.29, 1.82) is 0 Å². The molecule has 2 rings (SSSR count). The summed E-state index contributed by atoms with van der Waals surface area (Å²) in [6.07, 6.45) is 1.42. The Morgan fingerprint density at radius 3 is 2.64 bits per heavy atom. The third kappa shape index (κ3) is 3.32. The van der Waals surface area contributed by atoms with Crippen LogP contribution in [0.15, 0.2) is 36.5 Å². The molecular weight excluding hydrogens is 286 g/mol. The number of para-hydroxylation sites is 1. The maximum absolute atomic E-state index is 12.2. The van der Waals surface area contributed by atoms with Crippen molar-refractivity contribution in [2.75, 3.05) is 13.7 Å². The first-order valence-corrected chi connectivity index (χ1v) is 6.67. The Labute approximate surface area is 127 Å². The summed E-state index contributed by atoms with van der Waals surface area (Å²) in [5, 5.41) is 15.6. The number of aliphatic carboxylic acids is 1. The van der Waals surface area contributed by atoms with E-state index >= 15 is 0 Å². The molecule has 1 amide bonds. The van der Waals surface area contributed by atoms with Crippen LogP contribution in [-0.2, 0) is 9.53 Å². The smallest absolute Gasteiger partial charge is 0.328 e. The largest absolute Gasteiger partial charge is 0.480 e. The molecule has 7 nitrogen and oxygen atoms in total. The minimum atomic E-state index is -1.15. The number of carboxylic acids is 1. The van der Waals surface area contributed by atoms with Crippen molar-refractivity contribution >= 4 is 11.9 Å². The second-order valence-electron chi connectivity index (χ2n) is 4.71. The predicted octanol–water partition coefficient (Wildman–Crippen LogP) is 1.01. The van der Waals surface area contributed by atoms with E-state index in [2.05, 4.69) is 10.4 Å². The van der Waals surface area contributed by atoms with Crippen LogP contribution in [0.1, 0.15) is 16.1 Å². The Morgan fingerprint density at radius 2 is 2.05 bits per heavy atom. The van der Waals surface area contributed by atoms with Gasteiger partial charge in [-0.05, 0) is 19.1 Å². The van der Waals surface area contributed by atoms with Crippen molar-refractivity contribution in [3.63, 3.8) is 0 Å². The lowest BCUT2D eigenvalue weighted by Gasteiger charge is -2.13. The van der Waals surface area contributed by atoms with Gasteiger partial charge in [-0.15, -0.1) is 0 Å². The second kappa shape index (κ2) is 6.86. The van der Waals surface area contributed by atoms with E-state index in [1.54, 1.807) is 11.6 Å². The number of benzene rings is 1. The summed E-state index contributed by atoms with van der Waals surface area (Å²) in [6.45, 7) is 1.65. The summed E-state index contributed by atoms with van der Waals surface area (Å²) in [5.41, 5.74) is 1.78. The molecule has 116 valence electrons. The maximum atomic E-state index is 12.2. The molecule has 0 bridgehead atoms. The predicted molar refractivity (Wildman–Crippen MR) is 79.1 cm³/mol. The lowest BCUT2D eigenvalue weighted by atomic mass is 10.2. The molecule has 1 aromatic carbocycles. The van der Waals surface area contributed by atoms with Gasteiger partial charge in [-0.1, -0.05) is 18.2 Å². The van der Waals surface area contributed by atoms with E-state index in [1.165, 1.54) is 13.3 Å². The van der Waals surface area contributed by atoms with E-state index < -0.39 is 17.9 Å². The average molecular weight is 303 g/mol. The van der Waals surface area contributed by atoms with Gasteiger partial charge in [-0.2, -0.15) is 5.10 Å². The molecule has 2 aromatic rings. The van der Waals surface area contributed by atoms with E-state index in [4.69, 9.17) is 9.84 Å². The van der Waals surface area contributed by atoms with Crippen molar-refractivity contribution in [3.8, 4) is 5.69 Å². The van der Waals surface area contributed by atoms with Gasteiger partial charge in [-0.3, -0.25) is 4.79 Å². The van der Waals surface area contributed by atoms with Crippen molar-refractivity contribution in [3.05, 3.63) is 47.8 Å². The highest BCUT2D eigenvalue weighted by atomic mass is 16.5. The number of aromatic nitrogens is 2. The van der Waals surface area contributed by atoms with Crippen LogP contribution >= 0.6 is 0 Å². The molecule has 0 aliphatic rings. The van der Waals surface area contributed by atoms with E-state index in [0.29, 0.717) is 11.3 Å². The molecule has 0 fully saturated rings. The van der Waals surface area contributed by atoms with Crippen molar-refractivity contribution < 1.29 is 19.4 Å². The van der Waals surface area contributed by atoms with E-state index in [0.717, 1.165) is 5.69 Å². The lowest BCUT2D eigenvalue weighted by molar-refractivity contribution is -0.140. The average Bonchev–Trinajstić information content (AvgIpc) is 2.89. The number of hydrogen-bond acceptors (Lipinski definition) is 4. The van der Waals surface area contributed by atoms with E-state index in [-0.39, 0.29) is 6.61 Å². The van der Waals surface area contributed by atoms with Gasteiger partial charge in [0, 0.05) is 7.11 Å². The molecule has 1 heterocycles. The lowest BCUT2D eigenvalue weighted by Crippen LogP contribution is -2.43. The van der Waals surface area contributed by atoms with Gasteiger partial charge >= 0.3 is 5.97 Å². The highest BCUT2D eigenvalue weighted by Gasteiger charge is 2.23. The SMILES string of the molecule is COCC(NC(=O)c1cnn(-c2ccccc2)c1C)C(=O)O. The van der Waals surface area contributed by atoms with Crippen LogP contribution in [0.4, 0.5) is 0 Å². The summed E-state index contributed by atoms with van der Waals surface area (Å²) in [6, 6.07) is 8.26. The quantitative estimate of drug-likeness (QED) is 0.830. The van der Waals surface area contributed by atoms with Gasteiger partial charge in [0.15, 0.2) is 6.04 Å². The first kappa shape index (κ1) is 15.7. The summed E-state index contributed by atoms with van der Waals surface area (Å²) < 4.78 is 6.42. The van der Waals surface area contributed by atoms with Crippen molar-refractivity contribution in [2.24, 2.45) is 0 Å². The summed E-state index contributed by atoms with van der Waals surface area (Å²) in [5.74, 6) is -1.65. The minimum Gasteiger partial charge on any atom is -0.480 e. The number of nitrogens with one attached hydrogen (secondary N) is 1. The van der Waals surface area contributed by atoms with Crippen LogP contribution < -0.4 is 5.32 Å². The summed E-state index contributed by atoms with van der Waals surface area (Å²) >= 11 is 0. The van der Waals surface area contributed by atoms with Crippen LogP contribution in [0.2, 0.25) is 0 Å². The zero-order chi connectivity index (χ0) is 16.1. The molecule has 2 N–H and O–H groups in total. The minimum absolute atomic E-state index is 0.104. The first-order valence-electron chi connectivity index (χ1n) is 6.67. The Morgan fingerprint density at radius 1 is 1.36 bits per heavy atom. The van der Waals surface area contributed by atoms with Gasteiger partial charge in [0.2, 0.25) is 0 Å². The molecule has 0 radical (unpaired) electrons. The highest BCUT2D eigenvalue weighted by Crippen LogP contribution is 2.13. The third-order valence-corrected chi connectivity index (χ3v) is 3.19. The molecule has 1 aromatic heterocycles. The second-order valence-corrected chi connectivity index (χ2v) is 4.71. The van der Waals surface area contributed by atoms with Gasteiger partial charge in [-0.25, -0.2) is 9.48 Å². The number of carbonyl (C=O) groups excluding carboxylic acids is 1. The molecular formula is C15H17N3O4. The fraction of sp³-hybridized carbons (Fsp3) is 0.267. The van der Waals surface area contributed by atoms with Gasteiger partial charge < -0.3 is 15.2 Å². The summed E-state index contributed by atoms with van der Waals surface area (Å²) in [4.78, 5) is 23.3. The number of ether oxygens (including phenoxy) is 1. The van der Waals surface area contributed by atoms with Crippen LogP contribution in [0.5, 0.6) is 0 Å². The molecule has 7 heteroatoms. The number of nitrogens with zero attached hydrogens (tertiary/aromatic N) is 2. The van der Waals surface area contributed by atoms with Crippen LogP contribution in [0.3, 0.4) is 0 Å². The number of carboxylic acid groups (broad SMARTS) is 1. The van der Waals surface area contributed by atoms with E-state index in [1.807, 2.05) is 30.3 Å². The first-order chi connectivity index (χ1) is 10.5. The molecule has 0 spiro atoms. The molecule has 0 saturated carbocycles. The number of carbonyl (C=O) groups is 2. The maximum Gasteiger partial charge on any atom is 0.328 e. The van der Waals surface area contributed by atoms with Crippen LogP contribution in [0.25, 0.3) is 5.69 Å². The topological polar surface area (TPSA) is 93.5 Å². The standard InChI is InChI=1S/C15H17N3O4/c1-10-12(14(19)17-13(9-22-2)15(20)21)8-16-18(10)11-6-4-3-5-7-11/h3-8,13H,9H2,1-2H3,(H,17,19)(H,20,21). The van der Waals surface area contributed by atoms with Gasteiger partial charge in [0.1, 0.15) is 0 Å². The number of rotatable bonds is 6. The Kier molecular flexibility index (Phi) is 4.90. The summed E-state index contributed by atoms with van der Waals surface area (Å²) in [7, 11) is 1.38. The molecule has 1 unspecified atom stereocenters. The molecule has 0 aliphatic heterocycles. The fourth-order valence-corrected chi connectivity index (χ4v) is 2.04. The molecule has 1 atom stereocenters. The van der Waals surface area contributed by atoms with E-state index in [9.17, 15) is 9.59 Å². The fourth-order valence-electron chi connectivity index (χ4n) is 2.04. The Bertz CT molecular complexity index is 667. The number of hydrogen-bond donors (Lipinski definition) is 2. The van der Waals surface area contributed by atoms with Crippen LogP contribution in [0, 0.1) is 6.92 Å². The zero-order valence-electron chi connectivity index (χ0n) is 12.3. The third-order valence-electron chi connectivity index (χ3n) is 3.19. The Balaban J connectivity index is 2.21. The van der Waals surface area contributed by atoms with Gasteiger partial charge in [0.25, 0.3) is 5.91 Å². The zero-order valence-corrected chi connectivity index (χ0v) is 12.3. The normalized spacial score (nSPS) is 11.9. The van der Waals surface area contributed by atoms with Gasteiger partial charge in [0.05, 0.1) is 29.7 Å². The Hall–Kier alpha value is -2.67. The molecule has 0 saturated heterocycles. The van der Waals surface area contributed by atoms with Crippen molar-refractivity contribution in [2.45, 2.75) is 13.0 Å². The highest BCUT2D eigenvalue weighted by molar-refractivity contribution is 5.97. The van der Waals surface area contributed by atoms with Crippen LogP contribution in [-0.4, -0.2) is 46.5 Å². The monoisotopic (exact) mass is 303 g/mol. The molecule has 0 aliphatic carbocycles. The molecule has 22 heavy (non-hydrogen) atoms. The van der Waals surface area contributed by atoms with Crippen molar-refractivity contribution in [1.82, 2.24) is 15.1 Å². The number of amides is 1.